The zero-order chi connectivity index (χ0) is 28.5. The van der Waals surface area contributed by atoms with Crippen molar-refractivity contribution in [1.29, 1.82) is 0 Å². The van der Waals surface area contributed by atoms with E-state index in [1.54, 1.807) is 44.2 Å². The number of benzene rings is 2. The number of rotatable bonds is 8. The molecular formula is C27H28F6N2O3. The van der Waals surface area contributed by atoms with Gasteiger partial charge in [-0.1, -0.05) is 56.3 Å². The van der Waals surface area contributed by atoms with E-state index in [4.69, 9.17) is 0 Å². The van der Waals surface area contributed by atoms with Crippen LogP contribution in [0.5, 0.6) is 5.75 Å². The van der Waals surface area contributed by atoms with Gasteiger partial charge in [-0.2, -0.15) is 13.2 Å². The molecule has 3 rings (SSSR count). The number of carbonyl (C=O) groups excluding carboxylic acids is 1. The molecule has 0 atom stereocenters. The Bertz CT molecular complexity index is 1260. The summed E-state index contributed by atoms with van der Waals surface area (Å²) in [4.78, 5) is 15.0. The molecule has 0 unspecified atom stereocenters. The van der Waals surface area contributed by atoms with Crippen LogP contribution in [0.1, 0.15) is 41.2 Å². The highest BCUT2D eigenvalue weighted by atomic mass is 19.4. The maximum Gasteiger partial charge on any atom is 0.573 e. The van der Waals surface area contributed by atoms with Crippen LogP contribution in [0, 0.1) is 12.3 Å². The molecule has 0 aliphatic rings. The fraction of sp³-hybridized carbons (Fsp3) is 0.370. The van der Waals surface area contributed by atoms with Gasteiger partial charge in [0, 0.05) is 37.7 Å². The molecule has 0 spiro atoms. The third kappa shape index (κ3) is 6.69. The van der Waals surface area contributed by atoms with E-state index in [-0.39, 0.29) is 42.1 Å². The van der Waals surface area contributed by atoms with Gasteiger partial charge in [0.05, 0.1) is 0 Å². The molecule has 1 heterocycles. The van der Waals surface area contributed by atoms with Crippen molar-refractivity contribution in [3.8, 4) is 16.9 Å². The van der Waals surface area contributed by atoms with Gasteiger partial charge in [-0.3, -0.25) is 4.79 Å². The molecule has 0 aliphatic carbocycles. The Morgan fingerprint density at radius 2 is 1.55 bits per heavy atom. The molecule has 0 saturated carbocycles. The Morgan fingerprint density at radius 1 is 0.974 bits per heavy atom. The van der Waals surface area contributed by atoms with Gasteiger partial charge in [0.2, 0.25) is 0 Å². The van der Waals surface area contributed by atoms with Gasteiger partial charge in [0.1, 0.15) is 17.1 Å². The summed E-state index contributed by atoms with van der Waals surface area (Å²) in [6, 6.07) is 12.6. The summed E-state index contributed by atoms with van der Waals surface area (Å²) in [5.41, 5.74) is -1.70. The smallest absolute Gasteiger partial charge is 0.406 e. The fourth-order valence-corrected chi connectivity index (χ4v) is 4.38. The largest absolute Gasteiger partial charge is 0.573 e. The van der Waals surface area contributed by atoms with E-state index in [0.29, 0.717) is 5.56 Å². The van der Waals surface area contributed by atoms with Gasteiger partial charge >= 0.3 is 12.5 Å². The SMILES string of the molecule is Cc1c(-c2ccc(OC(F)(F)F)cc2)c(C(=O)N(C)CC(C)(C)CO)n(Cc2ccccc2)c1C(F)(F)F. The molecule has 0 saturated heterocycles. The van der Waals surface area contributed by atoms with Crippen molar-refractivity contribution in [2.45, 2.75) is 39.9 Å². The molecule has 0 aliphatic heterocycles. The number of aliphatic hydroxyl groups is 1. The zero-order valence-corrected chi connectivity index (χ0v) is 21.2. The number of hydrogen-bond acceptors (Lipinski definition) is 3. The Balaban J connectivity index is 2.26. The molecule has 206 valence electrons. The summed E-state index contributed by atoms with van der Waals surface area (Å²) in [5.74, 6) is -1.28. The Morgan fingerprint density at radius 3 is 2.05 bits per heavy atom. The molecule has 1 N–H and O–H groups in total. The molecule has 38 heavy (non-hydrogen) atoms. The predicted molar refractivity (Wildman–Crippen MR) is 130 cm³/mol. The van der Waals surface area contributed by atoms with Gasteiger partial charge in [0.15, 0.2) is 0 Å². The number of nitrogens with zero attached hydrogens (tertiary/aromatic N) is 2. The zero-order valence-electron chi connectivity index (χ0n) is 21.2. The van der Waals surface area contributed by atoms with Crippen molar-refractivity contribution in [2.75, 3.05) is 20.2 Å². The maximum atomic E-state index is 14.4. The number of ether oxygens (including phenoxy) is 1. The van der Waals surface area contributed by atoms with E-state index < -0.39 is 35.3 Å². The van der Waals surface area contributed by atoms with E-state index in [1.165, 1.54) is 31.0 Å². The number of hydrogen-bond donors (Lipinski definition) is 1. The lowest BCUT2D eigenvalue weighted by Crippen LogP contribution is -2.39. The monoisotopic (exact) mass is 542 g/mol. The van der Waals surface area contributed by atoms with E-state index in [9.17, 15) is 36.2 Å². The molecule has 0 fully saturated rings. The molecule has 2 aromatic carbocycles. The number of amides is 1. The van der Waals surface area contributed by atoms with Gasteiger partial charge in [0.25, 0.3) is 5.91 Å². The highest BCUT2D eigenvalue weighted by Crippen LogP contribution is 2.42. The molecule has 1 amide bonds. The van der Waals surface area contributed by atoms with Crippen LogP contribution < -0.4 is 4.74 Å². The molecular weight excluding hydrogens is 514 g/mol. The molecule has 1 aromatic heterocycles. The first-order chi connectivity index (χ1) is 17.5. The van der Waals surface area contributed by atoms with Crippen LogP contribution in [0.3, 0.4) is 0 Å². The second-order valence-electron chi connectivity index (χ2n) is 9.82. The molecule has 3 aromatic rings. The molecule has 0 radical (unpaired) electrons. The Labute approximate surface area is 216 Å². The maximum absolute atomic E-state index is 14.4. The van der Waals surface area contributed by atoms with Crippen molar-refractivity contribution in [1.82, 2.24) is 9.47 Å². The second-order valence-corrected chi connectivity index (χ2v) is 9.82. The van der Waals surface area contributed by atoms with Crippen LogP contribution >= 0.6 is 0 Å². The van der Waals surface area contributed by atoms with E-state index in [1.807, 2.05) is 0 Å². The van der Waals surface area contributed by atoms with Crippen LogP contribution in [0.4, 0.5) is 26.3 Å². The lowest BCUT2D eigenvalue weighted by Gasteiger charge is -2.29. The van der Waals surface area contributed by atoms with Gasteiger partial charge in [-0.15, -0.1) is 13.2 Å². The third-order valence-electron chi connectivity index (χ3n) is 5.98. The van der Waals surface area contributed by atoms with Gasteiger partial charge < -0.3 is 19.3 Å². The number of aliphatic hydroxyl groups excluding tert-OH is 1. The molecule has 11 heteroatoms. The lowest BCUT2D eigenvalue weighted by atomic mass is 9.94. The number of halogens is 6. The molecule has 0 bridgehead atoms. The van der Waals surface area contributed by atoms with E-state index in [0.717, 1.165) is 16.7 Å². The first kappa shape index (κ1) is 29.1. The minimum Gasteiger partial charge on any atom is -0.406 e. The predicted octanol–water partition coefficient (Wildman–Crippen LogP) is 6.52. The first-order valence-corrected chi connectivity index (χ1v) is 11.6. The van der Waals surface area contributed by atoms with Crippen LogP contribution in [0.15, 0.2) is 54.6 Å². The van der Waals surface area contributed by atoms with Crippen LogP contribution in [-0.4, -0.2) is 47.0 Å². The van der Waals surface area contributed by atoms with Crippen molar-refractivity contribution >= 4 is 5.91 Å². The average Bonchev–Trinajstić information content (AvgIpc) is 3.10. The standard InChI is InChI=1S/C27H28F6N2O3/c1-17-21(19-10-12-20(13-11-19)38-27(31,32)33)22(24(37)34(4)15-25(2,3)16-36)35(23(17)26(28,29)30)14-18-8-6-5-7-9-18/h5-13,36H,14-16H2,1-4H3. The first-order valence-electron chi connectivity index (χ1n) is 11.6. The number of aromatic nitrogens is 1. The van der Waals surface area contributed by atoms with E-state index in [2.05, 4.69) is 4.74 Å². The Kier molecular flexibility index (Phi) is 8.21. The van der Waals surface area contributed by atoms with Crippen molar-refractivity contribution in [3.05, 3.63) is 77.1 Å². The fourth-order valence-electron chi connectivity index (χ4n) is 4.38. The quantitative estimate of drug-likeness (QED) is 0.330. The van der Waals surface area contributed by atoms with Crippen LogP contribution in [-0.2, 0) is 12.7 Å². The van der Waals surface area contributed by atoms with Crippen LogP contribution in [0.2, 0.25) is 0 Å². The lowest BCUT2D eigenvalue weighted by molar-refractivity contribution is -0.274. The third-order valence-corrected chi connectivity index (χ3v) is 5.98. The minimum atomic E-state index is -4.94. The van der Waals surface area contributed by atoms with Gasteiger partial charge in [-0.25, -0.2) is 0 Å². The number of carbonyl (C=O) groups is 1. The van der Waals surface area contributed by atoms with Crippen molar-refractivity contribution in [2.24, 2.45) is 5.41 Å². The summed E-state index contributed by atoms with van der Waals surface area (Å²) in [6.45, 7) is 4.13. The highest BCUT2D eigenvalue weighted by Gasteiger charge is 2.42. The summed E-state index contributed by atoms with van der Waals surface area (Å²) < 4.78 is 86.0. The van der Waals surface area contributed by atoms with Gasteiger partial charge in [-0.05, 0) is 35.7 Å². The van der Waals surface area contributed by atoms with Crippen molar-refractivity contribution < 1.29 is 41.0 Å². The normalized spacial score (nSPS) is 12.5. The number of alkyl halides is 6. The Hall–Kier alpha value is -3.47. The highest BCUT2D eigenvalue weighted by molar-refractivity contribution is 6.01. The van der Waals surface area contributed by atoms with E-state index >= 15 is 0 Å². The van der Waals surface area contributed by atoms with Crippen LogP contribution in [0.25, 0.3) is 11.1 Å². The second kappa shape index (κ2) is 10.7. The summed E-state index contributed by atoms with van der Waals surface area (Å²) in [5, 5.41) is 9.65. The topological polar surface area (TPSA) is 54.7 Å². The van der Waals surface area contributed by atoms with Crippen molar-refractivity contribution in [3.63, 3.8) is 0 Å². The summed E-state index contributed by atoms with van der Waals surface area (Å²) in [6.07, 6.45) is -9.78. The minimum absolute atomic E-state index is 0.0387. The summed E-state index contributed by atoms with van der Waals surface area (Å²) >= 11 is 0. The average molecular weight is 543 g/mol. The molecule has 5 nitrogen and oxygen atoms in total. The summed E-state index contributed by atoms with van der Waals surface area (Å²) in [7, 11) is 1.42.